The Kier molecular flexibility index (Phi) is 2.01. The van der Waals surface area contributed by atoms with E-state index in [1.807, 2.05) is 0 Å². The van der Waals surface area contributed by atoms with Crippen molar-refractivity contribution in [3.8, 4) is 23.0 Å². The van der Waals surface area contributed by atoms with E-state index in [4.69, 9.17) is 0 Å². The molecule has 0 radical (unpaired) electrons. The Labute approximate surface area is 102 Å². The highest BCUT2D eigenvalue weighted by atomic mass is 16.3. The molecule has 0 bridgehead atoms. The van der Waals surface area contributed by atoms with Gasteiger partial charge < -0.3 is 20.4 Å². The maximum absolute atomic E-state index is 9.91. The lowest BCUT2D eigenvalue weighted by Crippen LogP contribution is -1.80. The first-order valence-corrected chi connectivity index (χ1v) is 5.36. The Balaban J connectivity index is 2.56. The minimum Gasteiger partial charge on any atom is -0.508 e. The summed E-state index contributed by atoms with van der Waals surface area (Å²) in [4.78, 5) is 0. The maximum atomic E-state index is 9.91. The van der Waals surface area contributed by atoms with Gasteiger partial charge in [-0.15, -0.1) is 0 Å². The molecule has 0 atom stereocenters. The second-order valence-electron chi connectivity index (χ2n) is 4.19. The number of phenolic OH excluding ortho intramolecular Hbond substituents is 4. The van der Waals surface area contributed by atoms with Gasteiger partial charge in [-0.05, 0) is 34.4 Å². The van der Waals surface area contributed by atoms with E-state index >= 15 is 0 Å². The molecule has 0 saturated heterocycles. The number of hydrogen-bond donors (Lipinski definition) is 4. The summed E-state index contributed by atoms with van der Waals surface area (Å²) in [5.41, 5.74) is 0. The van der Waals surface area contributed by atoms with Crippen molar-refractivity contribution in [2.45, 2.75) is 0 Å². The normalized spacial score (nSPS) is 11.1. The van der Waals surface area contributed by atoms with Gasteiger partial charge in [0.25, 0.3) is 0 Å². The van der Waals surface area contributed by atoms with Crippen LogP contribution >= 0.6 is 0 Å². The van der Waals surface area contributed by atoms with Gasteiger partial charge in [-0.1, -0.05) is 12.1 Å². The van der Waals surface area contributed by atoms with Crippen molar-refractivity contribution >= 4 is 21.5 Å². The van der Waals surface area contributed by atoms with Crippen molar-refractivity contribution in [2.24, 2.45) is 0 Å². The smallest absolute Gasteiger partial charge is 0.158 e. The molecule has 18 heavy (non-hydrogen) atoms. The number of benzene rings is 3. The maximum Gasteiger partial charge on any atom is 0.158 e. The first kappa shape index (κ1) is 10.5. The Bertz CT molecular complexity index is 778. The average molecular weight is 242 g/mol. The highest BCUT2D eigenvalue weighted by molar-refractivity contribution is 6.11. The molecule has 0 fully saturated rings. The van der Waals surface area contributed by atoms with Gasteiger partial charge >= 0.3 is 0 Å². The van der Waals surface area contributed by atoms with Crippen molar-refractivity contribution in [1.82, 2.24) is 0 Å². The van der Waals surface area contributed by atoms with Gasteiger partial charge in [0.2, 0.25) is 0 Å². The number of hydrogen-bond acceptors (Lipinski definition) is 4. The van der Waals surface area contributed by atoms with Gasteiger partial charge in [0.05, 0.1) is 0 Å². The van der Waals surface area contributed by atoms with Crippen LogP contribution in [-0.2, 0) is 0 Å². The molecule has 0 aliphatic rings. The van der Waals surface area contributed by atoms with Crippen molar-refractivity contribution in [3.63, 3.8) is 0 Å². The van der Waals surface area contributed by atoms with E-state index in [1.54, 1.807) is 12.1 Å². The zero-order chi connectivity index (χ0) is 12.9. The second kappa shape index (κ2) is 3.43. The van der Waals surface area contributed by atoms with Crippen LogP contribution in [0.2, 0.25) is 0 Å². The van der Waals surface area contributed by atoms with Crippen LogP contribution < -0.4 is 0 Å². The molecule has 3 aromatic carbocycles. The van der Waals surface area contributed by atoms with Crippen LogP contribution in [0.1, 0.15) is 0 Å². The second-order valence-corrected chi connectivity index (χ2v) is 4.19. The zero-order valence-electron chi connectivity index (χ0n) is 9.25. The number of aromatic hydroxyl groups is 4. The fraction of sp³-hybridized carbons (Fsp3) is 0. The fourth-order valence-electron chi connectivity index (χ4n) is 2.19. The van der Waals surface area contributed by atoms with Crippen LogP contribution in [0.3, 0.4) is 0 Å². The quantitative estimate of drug-likeness (QED) is 0.361. The van der Waals surface area contributed by atoms with Crippen molar-refractivity contribution in [2.75, 3.05) is 0 Å². The molecule has 3 rings (SSSR count). The Morgan fingerprint density at radius 2 is 1.28 bits per heavy atom. The van der Waals surface area contributed by atoms with Crippen LogP contribution in [0, 0.1) is 0 Å². The molecule has 0 unspecified atom stereocenters. The van der Waals surface area contributed by atoms with E-state index in [2.05, 4.69) is 0 Å². The molecule has 0 aromatic heterocycles. The Morgan fingerprint density at radius 1 is 0.611 bits per heavy atom. The molecule has 4 nitrogen and oxygen atoms in total. The van der Waals surface area contributed by atoms with E-state index < -0.39 is 0 Å². The molecule has 3 aromatic rings. The first-order chi connectivity index (χ1) is 8.56. The monoisotopic (exact) mass is 242 g/mol. The summed E-state index contributed by atoms with van der Waals surface area (Å²) in [6.07, 6.45) is 0. The topological polar surface area (TPSA) is 80.9 Å². The lowest BCUT2D eigenvalue weighted by molar-refractivity contribution is 0.405. The van der Waals surface area contributed by atoms with Crippen LogP contribution in [0.15, 0.2) is 36.4 Å². The first-order valence-electron chi connectivity index (χ1n) is 5.36. The minimum atomic E-state index is -0.248. The molecular weight excluding hydrogens is 232 g/mol. The van der Waals surface area contributed by atoms with Gasteiger partial charge in [0, 0.05) is 11.5 Å². The predicted octanol–water partition coefficient (Wildman–Crippen LogP) is 2.82. The largest absolute Gasteiger partial charge is 0.508 e. The van der Waals surface area contributed by atoms with Crippen LogP contribution in [0.4, 0.5) is 0 Å². The van der Waals surface area contributed by atoms with Gasteiger partial charge in [0.15, 0.2) is 11.5 Å². The zero-order valence-corrected chi connectivity index (χ0v) is 9.25. The van der Waals surface area contributed by atoms with Crippen molar-refractivity contribution < 1.29 is 20.4 Å². The summed E-state index contributed by atoms with van der Waals surface area (Å²) in [5, 5.41) is 40.8. The molecule has 0 saturated carbocycles. The third-order valence-electron chi connectivity index (χ3n) is 2.99. The molecule has 0 aliphatic heterocycles. The molecule has 90 valence electrons. The number of fused-ring (bicyclic) bond motifs is 3. The van der Waals surface area contributed by atoms with E-state index in [0.717, 1.165) is 0 Å². The van der Waals surface area contributed by atoms with Gasteiger partial charge in [0.1, 0.15) is 11.5 Å². The molecule has 0 amide bonds. The lowest BCUT2D eigenvalue weighted by atomic mass is 10.0. The van der Waals surface area contributed by atoms with Gasteiger partial charge in [-0.2, -0.15) is 0 Å². The molecule has 0 aliphatic carbocycles. The minimum absolute atomic E-state index is 0.0256. The molecule has 0 spiro atoms. The average Bonchev–Trinajstić information content (AvgIpc) is 2.30. The number of rotatable bonds is 0. The fourth-order valence-corrected chi connectivity index (χ4v) is 2.19. The van der Waals surface area contributed by atoms with Crippen molar-refractivity contribution in [3.05, 3.63) is 36.4 Å². The van der Waals surface area contributed by atoms with Crippen LogP contribution in [0.5, 0.6) is 23.0 Å². The lowest BCUT2D eigenvalue weighted by Gasteiger charge is -2.08. The highest BCUT2D eigenvalue weighted by Gasteiger charge is 2.10. The summed E-state index contributed by atoms with van der Waals surface area (Å²) >= 11 is 0. The summed E-state index contributed by atoms with van der Waals surface area (Å²) in [6, 6.07) is 9.06. The summed E-state index contributed by atoms with van der Waals surface area (Å²) < 4.78 is 0. The Hall–Kier alpha value is -2.62. The summed E-state index contributed by atoms with van der Waals surface area (Å²) in [5.74, 6) is -0.550. The summed E-state index contributed by atoms with van der Waals surface area (Å²) in [7, 11) is 0. The van der Waals surface area contributed by atoms with E-state index in [1.165, 1.54) is 24.3 Å². The standard InChI is InChI=1S/C14H10O4/c15-9-3-8-2-1-7-4-11(16)12(17)6-10(7)14(8)13(18)5-9/h1-6,15-18H. The van der Waals surface area contributed by atoms with Crippen molar-refractivity contribution in [1.29, 1.82) is 0 Å². The molecule has 4 N–H and O–H groups in total. The molecule has 4 heteroatoms. The third-order valence-corrected chi connectivity index (χ3v) is 2.99. The third kappa shape index (κ3) is 1.39. The molecular formula is C14H10O4. The highest BCUT2D eigenvalue weighted by Crippen LogP contribution is 2.39. The van der Waals surface area contributed by atoms with E-state index in [9.17, 15) is 20.4 Å². The predicted molar refractivity (Wildman–Crippen MR) is 68.1 cm³/mol. The van der Waals surface area contributed by atoms with Gasteiger partial charge in [-0.25, -0.2) is 0 Å². The van der Waals surface area contributed by atoms with Gasteiger partial charge in [-0.3, -0.25) is 0 Å². The van der Waals surface area contributed by atoms with E-state index in [0.29, 0.717) is 21.5 Å². The Morgan fingerprint density at radius 3 is 2.06 bits per heavy atom. The summed E-state index contributed by atoms with van der Waals surface area (Å²) in [6.45, 7) is 0. The molecule has 0 heterocycles. The van der Waals surface area contributed by atoms with Crippen LogP contribution in [0.25, 0.3) is 21.5 Å². The SMILES string of the molecule is Oc1cc(O)c2c(ccc3cc(O)c(O)cc32)c1. The van der Waals surface area contributed by atoms with E-state index in [-0.39, 0.29) is 23.0 Å². The number of phenols is 4. The van der Waals surface area contributed by atoms with Crippen LogP contribution in [-0.4, -0.2) is 20.4 Å².